The second-order valence-electron chi connectivity index (χ2n) is 6.09. The van der Waals surface area contributed by atoms with Crippen molar-refractivity contribution in [2.24, 2.45) is 5.92 Å². The first-order valence-corrected chi connectivity index (χ1v) is 9.61. The maximum atomic E-state index is 12.7. The van der Waals surface area contributed by atoms with Crippen molar-refractivity contribution in [3.8, 4) is 0 Å². The van der Waals surface area contributed by atoms with Crippen molar-refractivity contribution in [3.05, 3.63) is 11.4 Å². The van der Waals surface area contributed by atoms with E-state index in [1.165, 1.54) is 4.31 Å². The fourth-order valence-corrected chi connectivity index (χ4v) is 4.74. The zero-order valence-electron chi connectivity index (χ0n) is 14.1. The molecule has 0 bridgehead atoms. The van der Waals surface area contributed by atoms with Crippen molar-refractivity contribution in [3.63, 3.8) is 0 Å². The molecule has 8 heteroatoms. The minimum Gasteiger partial charge on any atom is -0.356 e. The van der Waals surface area contributed by atoms with E-state index in [9.17, 15) is 13.2 Å². The number of piperidine rings is 1. The quantitative estimate of drug-likeness (QED) is 0.763. The molecule has 0 unspecified atom stereocenters. The first-order valence-electron chi connectivity index (χ1n) is 8.17. The number of aryl methyl sites for hydroxylation is 2. The summed E-state index contributed by atoms with van der Waals surface area (Å²) in [5, 5.41) is 9.62. The second kappa shape index (κ2) is 7.44. The molecule has 1 aliphatic heterocycles. The average Bonchev–Trinajstić information content (AvgIpc) is 2.87. The summed E-state index contributed by atoms with van der Waals surface area (Å²) in [4.78, 5) is 12.3. The van der Waals surface area contributed by atoms with Crippen molar-refractivity contribution >= 4 is 15.9 Å². The van der Waals surface area contributed by atoms with E-state index >= 15 is 0 Å². The number of H-pyrrole nitrogens is 1. The van der Waals surface area contributed by atoms with Crippen LogP contribution in [0.25, 0.3) is 0 Å². The maximum Gasteiger partial charge on any atom is 0.246 e. The third-order valence-corrected chi connectivity index (χ3v) is 6.48. The Morgan fingerprint density at radius 2 is 2.00 bits per heavy atom. The number of rotatable bonds is 6. The van der Waals surface area contributed by atoms with Crippen LogP contribution < -0.4 is 5.32 Å². The molecule has 2 N–H and O–H groups in total. The Morgan fingerprint density at radius 1 is 1.35 bits per heavy atom. The van der Waals surface area contributed by atoms with Gasteiger partial charge in [-0.25, -0.2) is 8.42 Å². The Morgan fingerprint density at radius 3 is 2.52 bits per heavy atom. The van der Waals surface area contributed by atoms with Crippen molar-refractivity contribution in [2.75, 3.05) is 19.6 Å². The van der Waals surface area contributed by atoms with Crippen LogP contribution in [0.2, 0.25) is 0 Å². The van der Waals surface area contributed by atoms with Crippen LogP contribution in [-0.2, 0) is 14.8 Å². The molecule has 0 aromatic carbocycles. The number of hydrogen-bond donors (Lipinski definition) is 2. The van der Waals surface area contributed by atoms with Crippen LogP contribution in [0, 0.1) is 19.8 Å². The highest BCUT2D eigenvalue weighted by Crippen LogP contribution is 2.26. The van der Waals surface area contributed by atoms with Crippen LogP contribution in [0.3, 0.4) is 0 Å². The molecular weight excluding hydrogens is 316 g/mol. The molecule has 1 amide bonds. The lowest BCUT2D eigenvalue weighted by atomic mass is 9.97. The van der Waals surface area contributed by atoms with Crippen molar-refractivity contribution in [1.29, 1.82) is 0 Å². The molecule has 23 heavy (non-hydrogen) atoms. The van der Waals surface area contributed by atoms with Gasteiger partial charge in [-0.1, -0.05) is 13.3 Å². The van der Waals surface area contributed by atoms with Crippen LogP contribution in [0.1, 0.15) is 44.0 Å². The van der Waals surface area contributed by atoms with Crippen LogP contribution in [0.5, 0.6) is 0 Å². The normalized spacial score (nSPS) is 17.3. The summed E-state index contributed by atoms with van der Waals surface area (Å²) in [6.45, 7) is 6.91. The number of nitrogens with zero attached hydrogens (tertiary/aromatic N) is 2. The standard InChI is InChI=1S/C15H26N4O3S/c1-4-5-8-16-15(20)13-6-9-19(10-7-13)23(21,22)14-11(2)17-18-12(14)3/h13H,4-10H2,1-3H3,(H,16,20)(H,17,18). The van der Waals surface area contributed by atoms with E-state index in [0.717, 1.165) is 12.8 Å². The Balaban J connectivity index is 1.98. The number of aromatic nitrogens is 2. The van der Waals surface area contributed by atoms with Gasteiger partial charge in [0.2, 0.25) is 15.9 Å². The molecule has 2 rings (SSSR count). The van der Waals surface area contributed by atoms with Crippen LogP contribution in [0.15, 0.2) is 4.90 Å². The first kappa shape index (κ1) is 17.9. The van der Waals surface area contributed by atoms with Gasteiger partial charge >= 0.3 is 0 Å². The molecule has 0 aliphatic carbocycles. The lowest BCUT2D eigenvalue weighted by Gasteiger charge is -2.30. The molecule has 0 saturated carbocycles. The number of carbonyl (C=O) groups is 1. The summed E-state index contributed by atoms with van der Waals surface area (Å²) in [6, 6.07) is 0. The highest BCUT2D eigenvalue weighted by Gasteiger charge is 2.34. The van der Waals surface area contributed by atoms with Crippen molar-refractivity contribution in [2.45, 2.75) is 51.3 Å². The van der Waals surface area contributed by atoms with Gasteiger partial charge in [0.15, 0.2) is 0 Å². The van der Waals surface area contributed by atoms with Crippen LogP contribution in [-0.4, -0.2) is 48.5 Å². The number of unbranched alkanes of at least 4 members (excludes halogenated alkanes) is 1. The van der Waals surface area contributed by atoms with Gasteiger partial charge in [0.1, 0.15) is 4.90 Å². The Kier molecular flexibility index (Phi) is 5.80. The second-order valence-corrected chi connectivity index (χ2v) is 7.96. The Bertz CT molecular complexity index is 626. The topological polar surface area (TPSA) is 95.2 Å². The summed E-state index contributed by atoms with van der Waals surface area (Å²) < 4.78 is 27.0. The monoisotopic (exact) mass is 342 g/mol. The fraction of sp³-hybridized carbons (Fsp3) is 0.733. The van der Waals surface area contributed by atoms with Gasteiger partial charge < -0.3 is 5.32 Å². The lowest BCUT2D eigenvalue weighted by molar-refractivity contribution is -0.126. The number of nitrogens with one attached hydrogen (secondary N) is 2. The van der Waals surface area contributed by atoms with Gasteiger partial charge in [0.25, 0.3) is 0 Å². The van der Waals surface area contributed by atoms with E-state index in [-0.39, 0.29) is 16.7 Å². The predicted molar refractivity (Wildman–Crippen MR) is 87.5 cm³/mol. The van der Waals surface area contributed by atoms with Gasteiger partial charge in [-0.3, -0.25) is 9.89 Å². The molecule has 1 saturated heterocycles. The maximum absolute atomic E-state index is 12.7. The number of aromatic amines is 1. The molecule has 7 nitrogen and oxygen atoms in total. The van der Waals surface area contributed by atoms with Crippen molar-refractivity contribution < 1.29 is 13.2 Å². The lowest BCUT2D eigenvalue weighted by Crippen LogP contribution is -2.43. The summed E-state index contributed by atoms with van der Waals surface area (Å²) >= 11 is 0. The minimum absolute atomic E-state index is 0.0474. The van der Waals surface area contributed by atoms with Crippen LogP contribution >= 0.6 is 0 Å². The van der Waals surface area contributed by atoms with E-state index < -0.39 is 10.0 Å². The third kappa shape index (κ3) is 3.92. The van der Waals surface area contributed by atoms with Gasteiger partial charge in [0, 0.05) is 25.6 Å². The van der Waals surface area contributed by atoms with E-state index in [1.54, 1.807) is 13.8 Å². The SMILES string of the molecule is CCCCNC(=O)C1CCN(S(=O)(=O)c2c(C)n[nH]c2C)CC1. The van der Waals surface area contributed by atoms with E-state index in [1.807, 2.05) is 0 Å². The first-order chi connectivity index (χ1) is 10.9. The molecule has 0 atom stereocenters. The molecule has 1 fully saturated rings. The van der Waals surface area contributed by atoms with Gasteiger partial charge in [-0.15, -0.1) is 0 Å². The fourth-order valence-electron chi connectivity index (χ4n) is 2.94. The predicted octanol–water partition coefficient (Wildman–Crippen LogP) is 1.34. The number of sulfonamides is 1. The minimum atomic E-state index is -3.54. The zero-order valence-corrected chi connectivity index (χ0v) is 14.9. The molecule has 130 valence electrons. The van der Waals surface area contributed by atoms with Gasteiger partial charge in [-0.2, -0.15) is 9.40 Å². The van der Waals surface area contributed by atoms with Crippen molar-refractivity contribution in [1.82, 2.24) is 19.8 Å². The molecule has 0 spiro atoms. The molecule has 1 aromatic heterocycles. The zero-order chi connectivity index (χ0) is 17.0. The number of hydrogen-bond acceptors (Lipinski definition) is 4. The Hall–Kier alpha value is -1.41. The third-order valence-electron chi connectivity index (χ3n) is 4.31. The van der Waals surface area contributed by atoms with E-state index in [2.05, 4.69) is 22.4 Å². The molecular formula is C15H26N4O3S. The molecule has 2 heterocycles. The van der Waals surface area contributed by atoms with Crippen LogP contribution in [0.4, 0.5) is 0 Å². The number of amides is 1. The smallest absolute Gasteiger partial charge is 0.246 e. The van der Waals surface area contributed by atoms with E-state index in [0.29, 0.717) is 43.9 Å². The molecule has 1 aliphatic rings. The highest BCUT2D eigenvalue weighted by atomic mass is 32.2. The highest BCUT2D eigenvalue weighted by molar-refractivity contribution is 7.89. The molecule has 0 radical (unpaired) electrons. The molecule has 1 aromatic rings. The average molecular weight is 342 g/mol. The summed E-state index contributed by atoms with van der Waals surface area (Å²) in [7, 11) is -3.54. The summed E-state index contributed by atoms with van der Waals surface area (Å²) in [5.41, 5.74) is 1.05. The summed E-state index contributed by atoms with van der Waals surface area (Å²) in [5.74, 6) is -0.0454. The number of carbonyl (C=O) groups excluding carboxylic acids is 1. The Labute approximate surface area is 137 Å². The summed E-state index contributed by atoms with van der Waals surface area (Å²) in [6.07, 6.45) is 3.14. The van der Waals surface area contributed by atoms with Gasteiger partial charge in [-0.05, 0) is 33.1 Å². The van der Waals surface area contributed by atoms with E-state index in [4.69, 9.17) is 0 Å². The largest absolute Gasteiger partial charge is 0.356 e. The van der Waals surface area contributed by atoms with Gasteiger partial charge in [0.05, 0.1) is 11.4 Å².